The fourth-order valence-corrected chi connectivity index (χ4v) is 2.78. The van der Waals surface area contributed by atoms with Gasteiger partial charge in [0.1, 0.15) is 0 Å². The maximum atomic E-state index is 11.3. The van der Waals surface area contributed by atoms with Gasteiger partial charge in [0.2, 0.25) is 0 Å². The molecule has 1 aromatic carbocycles. The Bertz CT molecular complexity index is 784. The number of aryl methyl sites for hydroxylation is 1. The van der Waals surface area contributed by atoms with Gasteiger partial charge in [0.15, 0.2) is 0 Å². The second-order valence-electron chi connectivity index (χ2n) is 5.83. The first kappa shape index (κ1) is 19.0. The number of para-hydroxylation sites is 1. The monoisotopic (exact) mass is 360 g/mol. The van der Waals surface area contributed by atoms with E-state index in [1.54, 1.807) is 30.5 Å². The number of benzene rings is 1. The van der Waals surface area contributed by atoms with Crippen LogP contribution < -0.4 is 5.32 Å². The zero-order valence-corrected chi connectivity index (χ0v) is 13.9. The molecule has 0 aliphatic rings. The second-order valence-corrected chi connectivity index (χ2v) is 5.83. The van der Waals surface area contributed by atoms with Gasteiger partial charge in [0.25, 0.3) is 0 Å². The molecule has 0 bridgehead atoms. The summed E-state index contributed by atoms with van der Waals surface area (Å²) in [5, 5.41) is 30.4. The van der Waals surface area contributed by atoms with Crippen LogP contribution in [0.2, 0.25) is 0 Å². The number of carboxylic acids is 3. The molecule has 8 heteroatoms. The van der Waals surface area contributed by atoms with Gasteiger partial charge in [-0.05, 0) is 29.7 Å². The van der Waals surface area contributed by atoms with Crippen LogP contribution in [0.15, 0.2) is 36.5 Å². The summed E-state index contributed by atoms with van der Waals surface area (Å²) < 4.78 is 0. The predicted molar refractivity (Wildman–Crippen MR) is 93.1 cm³/mol. The highest BCUT2D eigenvalue weighted by Crippen LogP contribution is 2.28. The molecule has 0 amide bonds. The normalized spacial score (nSPS) is 11.7. The third-order valence-corrected chi connectivity index (χ3v) is 3.89. The summed E-state index contributed by atoms with van der Waals surface area (Å²) >= 11 is 0. The number of hydrogen-bond donors (Lipinski definition) is 5. The van der Waals surface area contributed by atoms with Crippen LogP contribution in [0.1, 0.15) is 35.7 Å². The van der Waals surface area contributed by atoms with E-state index >= 15 is 0 Å². The van der Waals surface area contributed by atoms with E-state index in [4.69, 9.17) is 5.11 Å². The Labute approximate surface area is 149 Å². The molecular weight excluding hydrogens is 340 g/mol. The Morgan fingerprint density at radius 2 is 1.69 bits per heavy atom. The van der Waals surface area contributed by atoms with E-state index in [0.717, 1.165) is 0 Å². The summed E-state index contributed by atoms with van der Waals surface area (Å²) in [6.45, 7) is 0. The van der Waals surface area contributed by atoms with Crippen LogP contribution >= 0.6 is 0 Å². The molecule has 0 spiro atoms. The lowest BCUT2D eigenvalue weighted by molar-refractivity contribution is -0.138. The number of hydrogen-bond acceptors (Lipinski definition) is 4. The molecule has 0 fully saturated rings. The lowest BCUT2D eigenvalue weighted by Crippen LogP contribution is -2.18. The van der Waals surface area contributed by atoms with E-state index in [1.165, 1.54) is 0 Å². The van der Waals surface area contributed by atoms with E-state index in [9.17, 15) is 24.6 Å². The molecule has 8 nitrogen and oxygen atoms in total. The number of aliphatic carboxylic acids is 3. The molecule has 0 aliphatic heterocycles. The Hall–Kier alpha value is -3.29. The molecule has 26 heavy (non-hydrogen) atoms. The molecule has 0 radical (unpaired) electrons. The largest absolute Gasteiger partial charge is 0.481 e. The summed E-state index contributed by atoms with van der Waals surface area (Å²) in [7, 11) is 0. The Morgan fingerprint density at radius 1 is 1.00 bits per heavy atom. The van der Waals surface area contributed by atoms with Gasteiger partial charge >= 0.3 is 17.9 Å². The van der Waals surface area contributed by atoms with E-state index in [2.05, 4.69) is 10.3 Å². The zero-order valence-electron chi connectivity index (χ0n) is 13.9. The van der Waals surface area contributed by atoms with Gasteiger partial charge in [-0.2, -0.15) is 0 Å². The Kier molecular flexibility index (Phi) is 6.37. The summed E-state index contributed by atoms with van der Waals surface area (Å²) in [5.41, 5.74) is 2.13. The number of aromatic nitrogens is 1. The number of carbonyl (C=O) groups is 3. The molecular formula is C18H20N2O6. The average Bonchev–Trinajstić information content (AvgIpc) is 2.95. The first-order valence-electron chi connectivity index (χ1n) is 8.02. The minimum absolute atomic E-state index is 0.139. The van der Waals surface area contributed by atoms with Crippen LogP contribution in [0, 0.1) is 0 Å². The summed E-state index contributed by atoms with van der Waals surface area (Å²) in [6, 6.07) is 8.30. The lowest BCUT2D eigenvalue weighted by atomic mass is 9.98. The van der Waals surface area contributed by atoms with Gasteiger partial charge in [-0.1, -0.05) is 18.2 Å². The first-order valence-corrected chi connectivity index (χ1v) is 8.02. The summed E-state index contributed by atoms with van der Waals surface area (Å²) in [5.74, 6) is -3.10. The maximum Gasteiger partial charge on any atom is 0.307 e. The van der Waals surface area contributed by atoms with Crippen LogP contribution in [0.25, 0.3) is 0 Å². The number of aromatic amines is 1. The van der Waals surface area contributed by atoms with Crippen molar-refractivity contribution in [3.05, 3.63) is 53.3 Å². The van der Waals surface area contributed by atoms with Crippen molar-refractivity contribution in [1.82, 2.24) is 4.98 Å². The first-order chi connectivity index (χ1) is 12.4. The zero-order chi connectivity index (χ0) is 19.1. The van der Waals surface area contributed by atoms with Crippen molar-refractivity contribution in [1.29, 1.82) is 0 Å². The number of nitrogens with one attached hydrogen (secondary N) is 2. The molecule has 0 saturated heterocycles. The topological polar surface area (TPSA) is 140 Å². The molecule has 1 aromatic heterocycles. The SMILES string of the molecule is O=C(O)CCc1c[nH]c(C(CC(=O)O)Nc2ccccc2)c1CC(=O)O. The molecule has 5 N–H and O–H groups in total. The van der Waals surface area contributed by atoms with Gasteiger partial charge in [-0.25, -0.2) is 0 Å². The average molecular weight is 360 g/mol. The summed E-state index contributed by atoms with van der Waals surface area (Å²) in [4.78, 5) is 36.3. The van der Waals surface area contributed by atoms with E-state index in [0.29, 0.717) is 22.5 Å². The number of carboxylic acid groups (broad SMARTS) is 3. The van der Waals surface area contributed by atoms with Crippen molar-refractivity contribution in [2.45, 2.75) is 31.7 Å². The third kappa shape index (κ3) is 5.37. The fourth-order valence-electron chi connectivity index (χ4n) is 2.78. The molecule has 2 aromatic rings. The predicted octanol–water partition coefficient (Wildman–Crippen LogP) is 2.29. The van der Waals surface area contributed by atoms with Crippen molar-refractivity contribution in [3.63, 3.8) is 0 Å². The van der Waals surface area contributed by atoms with E-state index in [1.807, 2.05) is 6.07 Å². The quantitative estimate of drug-likeness (QED) is 0.438. The molecule has 0 aliphatic carbocycles. The van der Waals surface area contributed by atoms with Gasteiger partial charge in [0, 0.05) is 24.0 Å². The highest BCUT2D eigenvalue weighted by atomic mass is 16.4. The fraction of sp³-hybridized carbons (Fsp3) is 0.278. The minimum Gasteiger partial charge on any atom is -0.481 e. The maximum absolute atomic E-state index is 11.3. The smallest absolute Gasteiger partial charge is 0.307 e. The molecule has 1 unspecified atom stereocenters. The molecule has 0 saturated carbocycles. The van der Waals surface area contributed by atoms with Crippen LogP contribution in [0.5, 0.6) is 0 Å². The highest BCUT2D eigenvalue weighted by molar-refractivity contribution is 5.73. The Balaban J connectivity index is 2.36. The van der Waals surface area contributed by atoms with Gasteiger partial charge in [0.05, 0.1) is 18.9 Å². The molecule has 2 rings (SSSR count). The van der Waals surface area contributed by atoms with Crippen LogP contribution in [0.4, 0.5) is 5.69 Å². The van der Waals surface area contributed by atoms with Gasteiger partial charge < -0.3 is 25.6 Å². The molecule has 1 atom stereocenters. The molecule has 138 valence electrons. The van der Waals surface area contributed by atoms with Crippen LogP contribution in [-0.4, -0.2) is 38.2 Å². The van der Waals surface area contributed by atoms with Gasteiger partial charge in [-0.3, -0.25) is 14.4 Å². The number of anilines is 1. The second kappa shape index (κ2) is 8.70. The van der Waals surface area contributed by atoms with Crippen molar-refractivity contribution >= 4 is 23.6 Å². The van der Waals surface area contributed by atoms with Crippen molar-refractivity contribution in [2.24, 2.45) is 0 Å². The minimum atomic E-state index is -1.07. The number of H-pyrrole nitrogens is 1. The van der Waals surface area contributed by atoms with E-state index in [-0.39, 0.29) is 25.7 Å². The Morgan fingerprint density at radius 3 is 2.27 bits per heavy atom. The number of rotatable bonds is 10. The third-order valence-electron chi connectivity index (χ3n) is 3.89. The van der Waals surface area contributed by atoms with Crippen molar-refractivity contribution < 1.29 is 29.7 Å². The van der Waals surface area contributed by atoms with Crippen LogP contribution in [-0.2, 0) is 27.2 Å². The summed E-state index contributed by atoms with van der Waals surface area (Å²) in [6.07, 6.45) is 0.998. The van der Waals surface area contributed by atoms with Crippen LogP contribution in [0.3, 0.4) is 0 Å². The standard InChI is InChI=1S/C18H20N2O6/c21-15(22)7-6-11-10-19-18(13(11)8-16(23)24)14(9-17(25)26)20-12-4-2-1-3-5-12/h1-5,10,14,19-20H,6-9H2,(H,21,22)(H,23,24)(H,25,26). The highest BCUT2D eigenvalue weighted by Gasteiger charge is 2.24. The van der Waals surface area contributed by atoms with Crippen molar-refractivity contribution in [3.8, 4) is 0 Å². The lowest BCUT2D eigenvalue weighted by Gasteiger charge is -2.19. The van der Waals surface area contributed by atoms with E-state index < -0.39 is 23.9 Å². The van der Waals surface area contributed by atoms with Gasteiger partial charge in [-0.15, -0.1) is 0 Å². The molecule has 1 heterocycles. The van der Waals surface area contributed by atoms with Crippen molar-refractivity contribution in [2.75, 3.05) is 5.32 Å².